The molecule has 2 rings (SSSR count). The van der Waals surface area contributed by atoms with Crippen LogP contribution in [0.2, 0.25) is 5.02 Å². The molecule has 0 spiro atoms. The van der Waals surface area contributed by atoms with E-state index in [9.17, 15) is 18.0 Å². The number of alkyl halides is 3. The highest BCUT2D eigenvalue weighted by atomic mass is 35.5. The lowest BCUT2D eigenvalue weighted by molar-refractivity contribution is -0.137. The van der Waals surface area contributed by atoms with Crippen LogP contribution in [-0.2, 0) is 11.0 Å². The van der Waals surface area contributed by atoms with Crippen molar-refractivity contribution in [2.45, 2.75) is 20.0 Å². The Morgan fingerprint density at radius 3 is 2.29 bits per heavy atom. The lowest BCUT2D eigenvalue weighted by atomic mass is 10.1. The van der Waals surface area contributed by atoms with Crippen molar-refractivity contribution in [1.29, 1.82) is 0 Å². The lowest BCUT2D eigenvalue weighted by Crippen LogP contribution is -2.08. The fourth-order valence-corrected chi connectivity index (χ4v) is 2.49. The number of amides is 1. The normalized spacial score (nSPS) is 11.8. The highest BCUT2D eigenvalue weighted by Gasteiger charge is 2.33. The van der Waals surface area contributed by atoms with E-state index < -0.39 is 17.6 Å². The minimum Gasteiger partial charge on any atom is -0.322 e. The van der Waals surface area contributed by atoms with Crippen molar-refractivity contribution in [3.05, 3.63) is 69.8 Å². The second kappa shape index (κ2) is 7.09. The van der Waals surface area contributed by atoms with E-state index in [1.807, 2.05) is 32.0 Å². The molecule has 1 amide bonds. The van der Waals surface area contributed by atoms with Gasteiger partial charge in [-0.1, -0.05) is 23.7 Å². The van der Waals surface area contributed by atoms with Crippen LogP contribution in [0.15, 0.2) is 42.5 Å². The number of aryl methyl sites for hydroxylation is 2. The molecule has 0 aliphatic heterocycles. The van der Waals surface area contributed by atoms with Crippen LogP contribution in [0.1, 0.15) is 22.3 Å². The molecule has 2 aromatic carbocycles. The third-order valence-electron chi connectivity index (χ3n) is 3.21. The number of anilines is 1. The summed E-state index contributed by atoms with van der Waals surface area (Å²) < 4.78 is 38.4. The fourth-order valence-electron chi connectivity index (χ4n) is 2.27. The first-order valence-electron chi connectivity index (χ1n) is 7.09. The van der Waals surface area contributed by atoms with Crippen LogP contribution in [-0.4, -0.2) is 5.91 Å². The van der Waals surface area contributed by atoms with Gasteiger partial charge in [0.25, 0.3) is 0 Å². The maximum absolute atomic E-state index is 12.8. The van der Waals surface area contributed by atoms with E-state index in [1.165, 1.54) is 18.2 Å². The van der Waals surface area contributed by atoms with Crippen molar-refractivity contribution in [2.24, 2.45) is 0 Å². The summed E-state index contributed by atoms with van der Waals surface area (Å²) in [6, 6.07) is 9.07. The molecule has 0 atom stereocenters. The van der Waals surface area contributed by atoms with Gasteiger partial charge in [-0.3, -0.25) is 4.79 Å². The predicted octanol–water partition coefficient (Wildman–Crippen LogP) is 5.63. The summed E-state index contributed by atoms with van der Waals surface area (Å²) in [6.07, 6.45) is -2.05. The second-order valence-electron chi connectivity index (χ2n) is 5.44. The SMILES string of the molecule is Cc1cc(C)cc(NC(=O)/C=C/c2ccc(Cl)c(C(F)(F)F)c2)c1. The molecule has 0 aliphatic carbocycles. The third-order valence-corrected chi connectivity index (χ3v) is 3.54. The maximum Gasteiger partial charge on any atom is 0.417 e. The quantitative estimate of drug-likeness (QED) is 0.712. The molecule has 0 heterocycles. The van der Waals surface area contributed by atoms with Crippen molar-refractivity contribution in [1.82, 2.24) is 0 Å². The Balaban J connectivity index is 2.14. The van der Waals surface area contributed by atoms with Gasteiger partial charge in [0.15, 0.2) is 0 Å². The van der Waals surface area contributed by atoms with Gasteiger partial charge in [-0.05, 0) is 60.9 Å². The molecule has 0 bridgehead atoms. The van der Waals surface area contributed by atoms with Gasteiger partial charge in [-0.15, -0.1) is 0 Å². The lowest BCUT2D eigenvalue weighted by Gasteiger charge is -2.09. The number of carbonyl (C=O) groups is 1. The summed E-state index contributed by atoms with van der Waals surface area (Å²) in [4.78, 5) is 11.9. The molecule has 1 N–H and O–H groups in total. The standard InChI is InChI=1S/C18H15ClF3NO/c1-11-7-12(2)9-14(8-11)23-17(24)6-4-13-3-5-16(19)15(10-13)18(20,21)22/h3-10H,1-2H3,(H,23,24)/b6-4+. The molecule has 0 radical (unpaired) electrons. The molecule has 6 heteroatoms. The molecule has 0 saturated carbocycles. The molecule has 126 valence electrons. The predicted molar refractivity (Wildman–Crippen MR) is 90.0 cm³/mol. The van der Waals surface area contributed by atoms with Crippen LogP contribution in [0.25, 0.3) is 6.08 Å². The number of nitrogens with one attached hydrogen (secondary N) is 1. The summed E-state index contributed by atoms with van der Waals surface area (Å²) in [5.74, 6) is -0.427. The second-order valence-corrected chi connectivity index (χ2v) is 5.84. The van der Waals surface area contributed by atoms with E-state index in [2.05, 4.69) is 5.32 Å². The molecule has 0 aliphatic rings. The van der Waals surface area contributed by atoms with E-state index in [1.54, 1.807) is 0 Å². The summed E-state index contributed by atoms with van der Waals surface area (Å²) in [5.41, 5.74) is 1.95. The Bertz CT molecular complexity index is 777. The van der Waals surface area contributed by atoms with Crippen LogP contribution in [0.4, 0.5) is 18.9 Å². The topological polar surface area (TPSA) is 29.1 Å². The molecule has 2 nitrogen and oxygen atoms in total. The van der Waals surface area contributed by atoms with E-state index in [0.29, 0.717) is 5.69 Å². The first kappa shape index (κ1) is 18.1. The van der Waals surface area contributed by atoms with Gasteiger partial charge in [-0.25, -0.2) is 0 Å². The number of rotatable bonds is 3. The number of hydrogen-bond donors (Lipinski definition) is 1. The van der Waals surface area contributed by atoms with Gasteiger partial charge in [0, 0.05) is 11.8 Å². The van der Waals surface area contributed by atoms with Crippen LogP contribution >= 0.6 is 11.6 Å². The zero-order chi connectivity index (χ0) is 17.9. The summed E-state index contributed by atoms with van der Waals surface area (Å²) >= 11 is 5.56. The van der Waals surface area contributed by atoms with Crippen molar-refractivity contribution in [3.8, 4) is 0 Å². The smallest absolute Gasteiger partial charge is 0.322 e. The van der Waals surface area contributed by atoms with Crippen molar-refractivity contribution in [3.63, 3.8) is 0 Å². The highest BCUT2D eigenvalue weighted by molar-refractivity contribution is 6.31. The fraction of sp³-hybridized carbons (Fsp3) is 0.167. The zero-order valence-electron chi connectivity index (χ0n) is 13.0. The van der Waals surface area contributed by atoms with Crippen LogP contribution < -0.4 is 5.32 Å². The van der Waals surface area contributed by atoms with E-state index in [-0.39, 0.29) is 10.6 Å². The van der Waals surface area contributed by atoms with Gasteiger partial charge in [0.1, 0.15) is 0 Å². The monoisotopic (exact) mass is 353 g/mol. The maximum atomic E-state index is 12.8. The Hall–Kier alpha value is -2.27. The first-order chi connectivity index (χ1) is 11.1. The van der Waals surface area contributed by atoms with Gasteiger partial charge >= 0.3 is 6.18 Å². The van der Waals surface area contributed by atoms with Crippen LogP contribution in [0.5, 0.6) is 0 Å². The van der Waals surface area contributed by atoms with Crippen molar-refractivity contribution >= 4 is 29.3 Å². The molecule has 0 aromatic heterocycles. The molecule has 0 fully saturated rings. The summed E-state index contributed by atoms with van der Waals surface area (Å²) in [6.45, 7) is 3.82. The number of halogens is 4. The van der Waals surface area contributed by atoms with Crippen LogP contribution in [0, 0.1) is 13.8 Å². The Morgan fingerprint density at radius 1 is 1.08 bits per heavy atom. The van der Waals surface area contributed by atoms with E-state index in [4.69, 9.17) is 11.6 Å². The highest BCUT2D eigenvalue weighted by Crippen LogP contribution is 2.35. The average molecular weight is 354 g/mol. The van der Waals surface area contributed by atoms with E-state index >= 15 is 0 Å². The first-order valence-corrected chi connectivity index (χ1v) is 7.47. The average Bonchev–Trinajstić information content (AvgIpc) is 2.44. The Labute approximate surface area is 142 Å². The molecule has 2 aromatic rings. The zero-order valence-corrected chi connectivity index (χ0v) is 13.8. The molecule has 0 unspecified atom stereocenters. The molecular weight excluding hydrogens is 339 g/mol. The number of carbonyl (C=O) groups excluding carboxylic acids is 1. The number of benzene rings is 2. The van der Waals surface area contributed by atoms with E-state index in [0.717, 1.165) is 23.3 Å². The largest absolute Gasteiger partial charge is 0.417 e. The van der Waals surface area contributed by atoms with Gasteiger partial charge in [-0.2, -0.15) is 13.2 Å². The van der Waals surface area contributed by atoms with Crippen molar-refractivity contribution < 1.29 is 18.0 Å². The Kier molecular flexibility index (Phi) is 5.34. The van der Waals surface area contributed by atoms with Gasteiger partial charge < -0.3 is 5.32 Å². The minimum absolute atomic E-state index is 0.238. The summed E-state index contributed by atoms with van der Waals surface area (Å²) in [5, 5.41) is 2.30. The minimum atomic E-state index is -4.54. The Morgan fingerprint density at radius 2 is 1.71 bits per heavy atom. The third kappa shape index (κ3) is 4.86. The van der Waals surface area contributed by atoms with Gasteiger partial charge in [0.2, 0.25) is 5.91 Å². The van der Waals surface area contributed by atoms with Crippen LogP contribution in [0.3, 0.4) is 0 Å². The molecule has 24 heavy (non-hydrogen) atoms. The molecule has 0 saturated heterocycles. The van der Waals surface area contributed by atoms with Gasteiger partial charge in [0.05, 0.1) is 10.6 Å². The summed E-state index contributed by atoms with van der Waals surface area (Å²) in [7, 11) is 0. The molecular formula is C18H15ClF3NO. The number of hydrogen-bond acceptors (Lipinski definition) is 1. The van der Waals surface area contributed by atoms with Crippen molar-refractivity contribution in [2.75, 3.05) is 5.32 Å².